The second kappa shape index (κ2) is 17.2. The zero-order valence-electron chi connectivity index (χ0n) is 14.1. The predicted octanol–water partition coefficient (Wildman–Crippen LogP) is 5.04. The van der Waals surface area contributed by atoms with Gasteiger partial charge in [-0.3, -0.25) is 4.79 Å². The van der Waals surface area contributed by atoms with Crippen molar-refractivity contribution in [2.75, 3.05) is 20.8 Å². The van der Waals surface area contributed by atoms with Crippen LogP contribution in [0.4, 0.5) is 0 Å². The summed E-state index contributed by atoms with van der Waals surface area (Å²) in [5.74, 6) is -0.0832. The van der Waals surface area contributed by atoms with Crippen LogP contribution in [0, 0.1) is 0 Å². The van der Waals surface area contributed by atoms with E-state index in [1.807, 2.05) is 0 Å². The van der Waals surface area contributed by atoms with E-state index in [-0.39, 0.29) is 5.97 Å². The van der Waals surface area contributed by atoms with E-state index in [9.17, 15) is 4.79 Å². The maximum absolute atomic E-state index is 10.9. The third kappa shape index (κ3) is 17.1. The van der Waals surface area contributed by atoms with Gasteiger partial charge >= 0.3 is 5.97 Å². The van der Waals surface area contributed by atoms with Gasteiger partial charge in [0.2, 0.25) is 0 Å². The van der Waals surface area contributed by atoms with Crippen LogP contribution in [0.15, 0.2) is 12.2 Å². The molecule has 0 unspecified atom stereocenters. The van der Waals surface area contributed by atoms with Gasteiger partial charge in [0.1, 0.15) is 0 Å². The number of ether oxygens (including phenoxy) is 2. The molecule has 0 heterocycles. The highest BCUT2D eigenvalue weighted by atomic mass is 16.5. The Balaban J connectivity index is 3.10. The first kappa shape index (κ1) is 20.2. The fourth-order valence-electron chi connectivity index (χ4n) is 2.26. The van der Waals surface area contributed by atoms with Crippen molar-refractivity contribution in [1.29, 1.82) is 0 Å². The Kier molecular flexibility index (Phi) is 16.5. The number of rotatable bonds is 15. The molecular formula is C18H34O3. The van der Waals surface area contributed by atoms with Gasteiger partial charge in [0.25, 0.3) is 0 Å². The monoisotopic (exact) mass is 298 g/mol. The van der Waals surface area contributed by atoms with Crippen LogP contribution in [0.25, 0.3) is 0 Å². The molecule has 0 aliphatic rings. The van der Waals surface area contributed by atoms with Crippen LogP contribution in [0.1, 0.15) is 77.0 Å². The number of hydrogen-bond donors (Lipinski definition) is 0. The molecule has 0 aromatic rings. The summed E-state index contributed by atoms with van der Waals surface area (Å²) in [6.07, 6.45) is 18.6. The first-order valence-corrected chi connectivity index (χ1v) is 8.52. The lowest BCUT2D eigenvalue weighted by molar-refractivity contribution is -0.140. The molecule has 0 amide bonds. The second-order valence-corrected chi connectivity index (χ2v) is 5.55. The quantitative estimate of drug-likeness (QED) is 0.241. The molecule has 0 rings (SSSR count). The molecule has 21 heavy (non-hydrogen) atoms. The summed E-state index contributed by atoms with van der Waals surface area (Å²) in [4.78, 5) is 10.9. The van der Waals surface area contributed by atoms with Gasteiger partial charge in [0.05, 0.1) is 7.11 Å². The van der Waals surface area contributed by atoms with Crippen molar-refractivity contribution in [2.24, 2.45) is 0 Å². The van der Waals surface area contributed by atoms with Crippen molar-refractivity contribution in [2.45, 2.75) is 77.0 Å². The van der Waals surface area contributed by atoms with Crippen LogP contribution >= 0.6 is 0 Å². The van der Waals surface area contributed by atoms with Gasteiger partial charge in [-0.05, 0) is 38.5 Å². The molecule has 0 aliphatic carbocycles. The first-order chi connectivity index (χ1) is 10.3. The van der Waals surface area contributed by atoms with E-state index in [1.54, 1.807) is 7.11 Å². The SMILES string of the molecule is COCCCCCC/C=C/CCCCCCCC(=O)OC. The molecule has 0 atom stereocenters. The van der Waals surface area contributed by atoms with Crippen molar-refractivity contribution >= 4 is 5.97 Å². The standard InChI is InChI=1S/C18H34O3/c1-20-17-15-13-11-9-7-5-3-4-6-8-10-12-14-16-18(19)21-2/h3,5H,4,6-17H2,1-2H3/b5-3+. The Morgan fingerprint density at radius 2 is 1.29 bits per heavy atom. The molecule has 3 heteroatoms. The summed E-state index contributed by atoms with van der Waals surface area (Å²) in [6, 6.07) is 0. The summed E-state index contributed by atoms with van der Waals surface area (Å²) in [5, 5.41) is 0. The highest BCUT2D eigenvalue weighted by Gasteiger charge is 1.98. The number of methoxy groups -OCH3 is 2. The molecule has 0 aliphatic heterocycles. The molecule has 0 fully saturated rings. The summed E-state index contributed by atoms with van der Waals surface area (Å²) < 4.78 is 9.64. The number of carbonyl (C=O) groups excluding carboxylic acids is 1. The molecule has 0 spiro atoms. The van der Waals surface area contributed by atoms with Crippen LogP contribution in [-0.4, -0.2) is 26.8 Å². The molecule has 0 aromatic carbocycles. The molecule has 0 saturated carbocycles. The highest BCUT2D eigenvalue weighted by Crippen LogP contribution is 2.09. The average molecular weight is 298 g/mol. The van der Waals surface area contributed by atoms with Gasteiger partial charge < -0.3 is 9.47 Å². The number of hydrogen-bond acceptors (Lipinski definition) is 3. The van der Waals surface area contributed by atoms with Crippen LogP contribution in [0.5, 0.6) is 0 Å². The highest BCUT2D eigenvalue weighted by molar-refractivity contribution is 5.68. The Morgan fingerprint density at radius 1 is 0.762 bits per heavy atom. The summed E-state index contributed by atoms with van der Waals surface area (Å²) >= 11 is 0. The summed E-state index contributed by atoms with van der Waals surface area (Å²) in [6.45, 7) is 0.898. The molecule has 0 radical (unpaired) electrons. The maximum atomic E-state index is 10.9. The van der Waals surface area contributed by atoms with E-state index in [4.69, 9.17) is 4.74 Å². The third-order valence-electron chi connectivity index (χ3n) is 3.62. The Hall–Kier alpha value is -0.830. The van der Waals surface area contributed by atoms with E-state index >= 15 is 0 Å². The summed E-state index contributed by atoms with van der Waals surface area (Å²) in [5.41, 5.74) is 0. The number of allylic oxidation sites excluding steroid dienone is 2. The minimum Gasteiger partial charge on any atom is -0.469 e. The zero-order chi connectivity index (χ0) is 15.6. The van der Waals surface area contributed by atoms with Crippen LogP contribution < -0.4 is 0 Å². The molecule has 3 nitrogen and oxygen atoms in total. The van der Waals surface area contributed by atoms with Gasteiger partial charge in [-0.1, -0.05) is 44.3 Å². The van der Waals surface area contributed by atoms with Crippen LogP contribution in [-0.2, 0) is 14.3 Å². The second-order valence-electron chi connectivity index (χ2n) is 5.55. The van der Waals surface area contributed by atoms with Crippen molar-refractivity contribution in [3.8, 4) is 0 Å². The zero-order valence-corrected chi connectivity index (χ0v) is 14.1. The molecule has 124 valence electrons. The minimum absolute atomic E-state index is 0.0832. The van der Waals surface area contributed by atoms with Crippen LogP contribution in [0.3, 0.4) is 0 Å². The smallest absolute Gasteiger partial charge is 0.305 e. The fraction of sp³-hybridized carbons (Fsp3) is 0.833. The maximum Gasteiger partial charge on any atom is 0.305 e. The van der Waals surface area contributed by atoms with Gasteiger partial charge in [-0.25, -0.2) is 0 Å². The van der Waals surface area contributed by atoms with E-state index in [0.717, 1.165) is 19.4 Å². The van der Waals surface area contributed by atoms with E-state index in [2.05, 4.69) is 16.9 Å². The topological polar surface area (TPSA) is 35.5 Å². The number of esters is 1. The third-order valence-corrected chi connectivity index (χ3v) is 3.62. The number of unbranched alkanes of at least 4 members (excludes halogenated alkanes) is 9. The molecule has 0 saturated heterocycles. The Morgan fingerprint density at radius 3 is 1.86 bits per heavy atom. The number of carbonyl (C=O) groups is 1. The molecule has 0 N–H and O–H groups in total. The lowest BCUT2D eigenvalue weighted by Gasteiger charge is -2.00. The van der Waals surface area contributed by atoms with Crippen molar-refractivity contribution in [1.82, 2.24) is 0 Å². The van der Waals surface area contributed by atoms with E-state index in [0.29, 0.717) is 6.42 Å². The van der Waals surface area contributed by atoms with Gasteiger partial charge in [0.15, 0.2) is 0 Å². The molecular weight excluding hydrogens is 264 g/mol. The average Bonchev–Trinajstić information content (AvgIpc) is 2.50. The van der Waals surface area contributed by atoms with Gasteiger partial charge in [-0.15, -0.1) is 0 Å². The van der Waals surface area contributed by atoms with Crippen molar-refractivity contribution in [3.05, 3.63) is 12.2 Å². The van der Waals surface area contributed by atoms with Crippen LogP contribution in [0.2, 0.25) is 0 Å². The summed E-state index contributed by atoms with van der Waals surface area (Å²) in [7, 11) is 3.22. The fourth-order valence-corrected chi connectivity index (χ4v) is 2.26. The largest absolute Gasteiger partial charge is 0.469 e. The Labute approximate surface area is 131 Å². The van der Waals surface area contributed by atoms with E-state index in [1.165, 1.54) is 64.9 Å². The van der Waals surface area contributed by atoms with E-state index < -0.39 is 0 Å². The normalized spacial score (nSPS) is 11.1. The molecule has 0 bridgehead atoms. The minimum atomic E-state index is -0.0832. The predicted molar refractivity (Wildman–Crippen MR) is 88.4 cm³/mol. The Bertz CT molecular complexity index is 249. The van der Waals surface area contributed by atoms with Gasteiger partial charge in [0, 0.05) is 20.1 Å². The van der Waals surface area contributed by atoms with Gasteiger partial charge in [-0.2, -0.15) is 0 Å². The van der Waals surface area contributed by atoms with Crippen molar-refractivity contribution < 1.29 is 14.3 Å². The lowest BCUT2D eigenvalue weighted by atomic mass is 10.1. The van der Waals surface area contributed by atoms with Crippen molar-refractivity contribution in [3.63, 3.8) is 0 Å². The lowest BCUT2D eigenvalue weighted by Crippen LogP contribution is -1.98. The first-order valence-electron chi connectivity index (χ1n) is 8.52. The molecule has 0 aromatic heterocycles.